The summed E-state index contributed by atoms with van der Waals surface area (Å²) in [6.45, 7) is 2.47. The minimum Gasteiger partial charge on any atom is -0.350 e. The molecule has 0 spiro atoms. The number of hydrogen-bond acceptors (Lipinski definition) is 4. The van der Waals surface area contributed by atoms with E-state index < -0.39 is 0 Å². The molecule has 2 aromatic carbocycles. The van der Waals surface area contributed by atoms with E-state index in [0.29, 0.717) is 16.9 Å². The minimum absolute atomic E-state index is 0.110. The molecule has 2 amide bonds. The number of rotatable bonds is 8. The molecule has 0 aliphatic rings. The summed E-state index contributed by atoms with van der Waals surface area (Å²) in [5, 5.41) is 12.6. The van der Waals surface area contributed by atoms with E-state index in [0.717, 1.165) is 29.9 Å². The summed E-state index contributed by atoms with van der Waals surface area (Å²) in [5.41, 5.74) is 2.10. The zero-order chi connectivity index (χ0) is 20.6. The van der Waals surface area contributed by atoms with Crippen LogP contribution in [0.5, 0.6) is 0 Å². The Morgan fingerprint density at radius 2 is 1.93 bits per heavy atom. The van der Waals surface area contributed by atoms with Gasteiger partial charge in [0.05, 0.1) is 0 Å². The molecule has 0 saturated carbocycles. The third kappa shape index (κ3) is 5.61. The van der Waals surface area contributed by atoms with Crippen molar-refractivity contribution in [1.29, 1.82) is 0 Å². The van der Waals surface area contributed by atoms with E-state index in [1.165, 1.54) is 0 Å². The summed E-state index contributed by atoms with van der Waals surface area (Å²) in [6.07, 6.45) is 1.66. The van der Waals surface area contributed by atoms with Crippen LogP contribution in [0.25, 0.3) is 0 Å². The first-order chi connectivity index (χ1) is 14.1. The summed E-state index contributed by atoms with van der Waals surface area (Å²) in [6, 6.07) is 16.4. The number of hydrogen-bond donors (Lipinski definition) is 3. The van der Waals surface area contributed by atoms with Crippen molar-refractivity contribution >= 4 is 29.7 Å². The molecule has 3 rings (SSSR count). The van der Waals surface area contributed by atoms with Crippen LogP contribution in [0.2, 0.25) is 0 Å². The summed E-state index contributed by atoms with van der Waals surface area (Å²) in [5.74, 6) is 0.407. The van der Waals surface area contributed by atoms with Crippen LogP contribution in [0.1, 0.15) is 35.1 Å². The van der Waals surface area contributed by atoms with E-state index in [1.54, 1.807) is 22.8 Å². The SMILES string of the molecule is CCCc1n[nH]c(=S)n1CC(=O)NCc1cccc(C(=O)Nc2ccccc2)c1. The van der Waals surface area contributed by atoms with Crippen LogP contribution in [0, 0.1) is 4.77 Å². The first-order valence-corrected chi connectivity index (χ1v) is 9.83. The highest BCUT2D eigenvalue weighted by Gasteiger charge is 2.11. The number of aromatic nitrogens is 3. The van der Waals surface area contributed by atoms with Gasteiger partial charge in [-0.3, -0.25) is 19.3 Å². The fraction of sp³-hybridized carbons (Fsp3) is 0.238. The Morgan fingerprint density at radius 1 is 1.14 bits per heavy atom. The molecular formula is C21H23N5O2S. The molecule has 0 aliphatic heterocycles. The molecule has 0 unspecified atom stereocenters. The zero-order valence-electron chi connectivity index (χ0n) is 16.1. The van der Waals surface area contributed by atoms with Crippen LogP contribution in [-0.2, 0) is 24.3 Å². The lowest BCUT2D eigenvalue weighted by molar-refractivity contribution is -0.121. The largest absolute Gasteiger partial charge is 0.350 e. The number of anilines is 1. The Bertz CT molecular complexity index is 1040. The number of amides is 2. The molecule has 3 N–H and O–H groups in total. The highest BCUT2D eigenvalue weighted by molar-refractivity contribution is 7.71. The normalized spacial score (nSPS) is 10.5. The third-order valence-corrected chi connectivity index (χ3v) is 4.63. The predicted molar refractivity (Wildman–Crippen MR) is 114 cm³/mol. The van der Waals surface area contributed by atoms with Crippen LogP contribution < -0.4 is 10.6 Å². The average molecular weight is 410 g/mol. The van der Waals surface area contributed by atoms with E-state index in [9.17, 15) is 9.59 Å². The van der Waals surface area contributed by atoms with Gasteiger partial charge in [-0.05, 0) is 48.5 Å². The third-order valence-electron chi connectivity index (χ3n) is 4.32. The van der Waals surface area contributed by atoms with Crippen LogP contribution in [0.4, 0.5) is 5.69 Å². The van der Waals surface area contributed by atoms with Gasteiger partial charge in [-0.25, -0.2) is 0 Å². The molecule has 0 radical (unpaired) electrons. The van der Waals surface area contributed by atoms with Crippen LogP contribution in [-0.4, -0.2) is 26.6 Å². The molecule has 3 aromatic rings. The highest BCUT2D eigenvalue weighted by atomic mass is 32.1. The molecule has 8 heteroatoms. The van der Waals surface area contributed by atoms with Gasteiger partial charge in [0.1, 0.15) is 12.4 Å². The van der Waals surface area contributed by atoms with Crippen molar-refractivity contribution < 1.29 is 9.59 Å². The summed E-state index contributed by atoms with van der Waals surface area (Å²) in [4.78, 5) is 24.8. The highest BCUT2D eigenvalue weighted by Crippen LogP contribution is 2.11. The molecule has 1 aromatic heterocycles. The monoisotopic (exact) mass is 409 g/mol. The van der Waals surface area contributed by atoms with Gasteiger partial charge in [0, 0.05) is 24.2 Å². The standard InChI is InChI=1S/C21H23N5O2S/c1-2-7-18-24-25-21(29)26(18)14-19(27)22-13-15-8-6-9-16(12-15)20(28)23-17-10-4-3-5-11-17/h3-6,8-12H,2,7,13-14H2,1H3,(H,22,27)(H,23,28)(H,25,29). The summed E-state index contributed by atoms with van der Waals surface area (Å²) < 4.78 is 2.14. The number of nitrogens with one attached hydrogen (secondary N) is 3. The van der Waals surface area contributed by atoms with Gasteiger partial charge in [0.2, 0.25) is 5.91 Å². The van der Waals surface area contributed by atoms with Crippen molar-refractivity contribution in [2.75, 3.05) is 5.32 Å². The molecular weight excluding hydrogens is 386 g/mol. The van der Waals surface area contributed by atoms with Gasteiger partial charge in [-0.1, -0.05) is 37.3 Å². The number of H-pyrrole nitrogens is 1. The molecule has 29 heavy (non-hydrogen) atoms. The Labute approximate surface area is 174 Å². The molecule has 0 fully saturated rings. The van der Waals surface area contributed by atoms with Crippen molar-refractivity contribution in [3.05, 3.63) is 76.3 Å². The van der Waals surface area contributed by atoms with Crippen molar-refractivity contribution in [2.45, 2.75) is 32.9 Å². The van der Waals surface area contributed by atoms with E-state index in [4.69, 9.17) is 12.2 Å². The number of para-hydroxylation sites is 1. The van der Waals surface area contributed by atoms with Gasteiger partial charge in [0.25, 0.3) is 5.91 Å². The molecule has 0 atom stereocenters. The molecule has 0 aliphatic carbocycles. The maximum Gasteiger partial charge on any atom is 0.255 e. The molecule has 0 bridgehead atoms. The lowest BCUT2D eigenvalue weighted by Gasteiger charge is -2.09. The summed E-state index contributed by atoms with van der Waals surface area (Å²) >= 11 is 5.20. The van der Waals surface area contributed by atoms with Crippen LogP contribution in [0.15, 0.2) is 54.6 Å². The Balaban J connectivity index is 1.59. The first-order valence-electron chi connectivity index (χ1n) is 9.43. The molecule has 0 saturated heterocycles. The second kappa shape index (κ2) is 9.79. The maximum atomic E-state index is 12.4. The quantitative estimate of drug-likeness (QED) is 0.497. The Morgan fingerprint density at radius 3 is 2.69 bits per heavy atom. The molecule has 7 nitrogen and oxygen atoms in total. The van der Waals surface area contributed by atoms with Gasteiger partial charge < -0.3 is 10.6 Å². The van der Waals surface area contributed by atoms with Crippen molar-refractivity contribution in [1.82, 2.24) is 20.1 Å². The number of nitrogens with zero attached hydrogens (tertiary/aromatic N) is 2. The van der Waals surface area contributed by atoms with Crippen LogP contribution >= 0.6 is 12.2 Å². The summed E-state index contributed by atoms with van der Waals surface area (Å²) in [7, 11) is 0. The van der Waals surface area contributed by atoms with E-state index >= 15 is 0 Å². The van der Waals surface area contributed by atoms with Gasteiger partial charge in [-0.15, -0.1) is 0 Å². The van der Waals surface area contributed by atoms with Crippen molar-refractivity contribution in [3.63, 3.8) is 0 Å². The van der Waals surface area contributed by atoms with E-state index in [1.807, 2.05) is 43.3 Å². The maximum absolute atomic E-state index is 12.4. The van der Waals surface area contributed by atoms with E-state index in [2.05, 4.69) is 20.8 Å². The second-order valence-electron chi connectivity index (χ2n) is 6.58. The number of aryl methyl sites for hydroxylation is 1. The second-order valence-corrected chi connectivity index (χ2v) is 6.97. The lowest BCUT2D eigenvalue weighted by atomic mass is 10.1. The van der Waals surface area contributed by atoms with Crippen molar-refractivity contribution in [3.8, 4) is 0 Å². The predicted octanol–water partition coefficient (Wildman–Crippen LogP) is 3.46. The lowest BCUT2D eigenvalue weighted by Crippen LogP contribution is -2.28. The van der Waals surface area contributed by atoms with E-state index in [-0.39, 0.29) is 18.4 Å². The van der Waals surface area contributed by atoms with Gasteiger partial charge in [-0.2, -0.15) is 5.10 Å². The van der Waals surface area contributed by atoms with Crippen molar-refractivity contribution in [2.24, 2.45) is 0 Å². The van der Waals surface area contributed by atoms with Gasteiger partial charge in [0.15, 0.2) is 4.77 Å². The number of aromatic amines is 1. The fourth-order valence-electron chi connectivity index (χ4n) is 2.88. The van der Waals surface area contributed by atoms with Gasteiger partial charge >= 0.3 is 0 Å². The number of carbonyl (C=O) groups is 2. The number of carbonyl (C=O) groups excluding carboxylic acids is 2. The number of benzene rings is 2. The first kappa shape index (κ1) is 20.5. The molecule has 150 valence electrons. The van der Waals surface area contributed by atoms with Crippen LogP contribution in [0.3, 0.4) is 0 Å². The Kier molecular flexibility index (Phi) is 6.91. The smallest absolute Gasteiger partial charge is 0.255 e. The minimum atomic E-state index is -0.196. The molecule has 1 heterocycles. The Hall–Kier alpha value is -3.26. The topological polar surface area (TPSA) is 91.8 Å². The fourth-order valence-corrected chi connectivity index (χ4v) is 3.09. The average Bonchev–Trinajstić information content (AvgIpc) is 3.07. The zero-order valence-corrected chi connectivity index (χ0v) is 17.0.